The van der Waals surface area contributed by atoms with Gasteiger partial charge in [-0.3, -0.25) is 5.32 Å². The van der Waals surface area contributed by atoms with E-state index in [4.69, 9.17) is 10.5 Å². The summed E-state index contributed by atoms with van der Waals surface area (Å²) in [5.74, 6) is 0.937. The number of hydrogen-bond donors (Lipinski definition) is 4. The molecule has 2 amide bonds. The number of carbonyl (C=O) groups is 1. The van der Waals surface area contributed by atoms with Crippen LogP contribution in [0.4, 0.5) is 21.3 Å². The zero-order chi connectivity index (χ0) is 27.1. The Morgan fingerprint density at radius 1 is 1.10 bits per heavy atom. The normalized spacial score (nSPS) is 22.5. The fraction of sp³-hybridized carbons (Fsp3) is 0.360. The van der Waals surface area contributed by atoms with E-state index < -0.39 is 10.0 Å². The van der Waals surface area contributed by atoms with Crippen LogP contribution in [-0.2, 0) is 10.0 Å². The summed E-state index contributed by atoms with van der Waals surface area (Å²) in [5.41, 5.74) is 7.81. The minimum absolute atomic E-state index is 0.0886. The highest BCUT2D eigenvalue weighted by atomic mass is 32.2. The van der Waals surface area contributed by atoms with Crippen LogP contribution in [0, 0.1) is 11.8 Å². The van der Waals surface area contributed by atoms with E-state index in [1.54, 1.807) is 36.4 Å². The second-order valence-electron chi connectivity index (χ2n) is 9.94. The number of nitrogens with one attached hydrogen (secondary N) is 3. The molecule has 6 rings (SSSR count). The number of fused-ring (bicyclic) bond motifs is 2. The summed E-state index contributed by atoms with van der Waals surface area (Å²) in [4.78, 5) is 21.0. The molecule has 204 valence electrons. The van der Waals surface area contributed by atoms with E-state index in [-0.39, 0.29) is 29.0 Å². The molecular weight excluding hydrogens is 540 g/mol. The Labute approximate surface area is 229 Å². The van der Waals surface area contributed by atoms with Crippen molar-refractivity contribution < 1.29 is 17.9 Å². The molecule has 2 saturated carbocycles. The predicted octanol–water partition coefficient (Wildman–Crippen LogP) is 3.51. The van der Waals surface area contributed by atoms with E-state index in [1.807, 2.05) is 0 Å². The van der Waals surface area contributed by atoms with Gasteiger partial charge < -0.3 is 21.1 Å². The molecule has 2 fully saturated rings. The van der Waals surface area contributed by atoms with Crippen molar-refractivity contribution in [3.8, 4) is 6.01 Å². The lowest BCUT2D eigenvalue weighted by Crippen LogP contribution is -2.37. The van der Waals surface area contributed by atoms with Crippen molar-refractivity contribution in [3.63, 3.8) is 0 Å². The third kappa shape index (κ3) is 4.85. The number of pyridine rings is 1. The van der Waals surface area contributed by atoms with Crippen LogP contribution < -0.4 is 26.4 Å². The van der Waals surface area contributed by atoms with Gasteiger partial charge in [0.05, 0.1) is 29.6 Å². The molecule has 0 aliphatic heterocycles. The molecule has 0 saturated heterocycles. The third-order valence-corrected chi connectivity index (χ3v) is 9.81. The second-order valence-corrected chi connectivity index (χ2v) is 12.5. The Balaban J connectivity index is 1.11. The van der Waals surface area contributed by atoms with Gasteiger partial charge >= 0.3 is 12.0 Å². The number of methoxy groups -OCH3 is 1. The highest BCUT2D eigenvalue weighted by Crippen LogP contribution is 2.46. The number of carbonyl (C=O) groups excluding carboxylic acids is 1. The minimum atomic E-state index is -3.79. The average Bonchev–Trinajstić information content (AvgIpc) is 3.70. The number of aromatic nitrogens is 4. The molecular formula is C25H28N8O4S2. The standard InChI is InChI=1S/C25H28N8O4S2/c1-37-24-31-25(38-32-24)30-23(34)29-17-11-14-9-16(10-15(14)12-17)28-21-19-7-8-33(22(19)27-13-20(21)26)39(35,36)18-5-3-2-4-6-18/h2-8,13-17H,9-12,26H2,1H3,(H,27,28)(H2,29,30,31,32,34)/t14-,15+,16+,17+. The van der Waals surface area contributed by atoms with Crippen molar-refractivity contribution in [2.24, 2.45) is 11.8 Å². The molecule has 12 nitrogen and oxygen atoms in total. The largest absolute Gasteiger partial charge is 0.466 e. The van der Waals surface area contributed by atoms with Crippen LogP contribution in [-0.4, -0.2) is 52.0 Å². The van der Waals surface area contributed by atoms with Crippen LogP contribution >= 0.6 is 11.5 Å². The predicted molar refractivity (Wildman–Crippen MR) is 148 cm³/mol. The molecule has 5 N–H and O–H groups in total. The molecule has 1 aromatic carbocycles. The number of urea groups is 1. The van der Waals surface area contributed by atoms with Crippen LogP contribution in [0.25, 0.3) is 11.0 Å². The molecule has 2 aliphatic rings. The molecule has 4 aromatic rings. The maximum atomic E-state index is 13.2. The quantitative estimate of drug-likeness (QED) is 0.261. The van der Waals surface area contributed by atoms with Crippen molar-refractivity contribution in [1.29, 1.82) is 0 Å². The number of benzene rings is 1. The van der Waals surface area contributed by atoms with Crippen LogP contribution in [0.5, 0.6) is 6.01 Å². The Kier molecular flexibility index (Phi) is 6.51. The summed E-state index contributed by atoms with van der Waals surface area (Å²) in [6.45, 7) is 0. The number of hydrogen-bond acceptors (Lipinski definition) is 10. The van der Waals surface area contributed by atoms with E-state index in [9.17, 15) is 13.2 Å². The van der Waals surface area contributed by atoms with Crippen LogP contribution in [0.15, 0.2) is 53.7 Å². The smallest absolute Gasteiger partial charge is 0.329 e. The van der Waals surface area contributed by atoms with Gasteiger partial charge in [-0.05, 0) is 55.7 Å². The SMILES string of the molecule is COc1nsc(NC(=O)N[C@@H]2C[C@@H]3C[C@@H](Nc4c(N)cnc5c4ccn5S(=O)(=O)c4ccccc4)C[C@@H]3C2)n1. The number of amides is 2. The molecule has 0 radical (unpaired) electrons. The first kappa shape index (κ1) is 25.4. The molecule has 0 spiro atoms. The van der Waals surface area contributed by atoms with E-state index in [0.717, 1.165) is 37.2 Å². The van der Waals surface area contributed by atoms with Crippen molar-refractivity contribution in [2.45, 2.75) is 42.7 Å². The molecule has 39 heavy (non-hydrogen) atoms. The molecule has 3 aromatic heterocycles. The zero-order valence-corrected chi connectivity index (χ0v) is 22.7. The first-order chi connectivity index (χ1) is 18.8. The summed E-state index contributed by atoms with van der Waals surface area (Å²) in [5, 5.41) is 10.4. The first-order valence-corrected chi connectivity index (χ1v) is 14.8. The Hall–Kier alpha value is -3.91. The summed E-state index contributed by atoms with van der Waals surface area (Å²) in [6, 6.07) is 10.2. The average molecular weight is 569 g/mol. The summed E-state index contributed by atoms with van der Waals surface area (Å²) >= 11 is 1.07. The lowest BCUT2D eigenvalue weighted by molar-refractivity contribution is 0.248. The van der Waals surface area contributed by atoms with Crippen molar-refractivity contribution >= 4 is 55.1 Å². The van der Waals surface area contributed by atoms with Gasteiger partial charge in [0.25, 0.3) is 10.0 Å². The number of rotatable bonds is 7. The van der Waals surface area contributed by atoms with Crippen LogP contribution in [0.1, 0.15) is 25.7 Å². The number of nitrogens with zero attached hydrogens (tertiary/aromatic N) is 4. The number of ether oxygens (including phenoxy) is 1. The number of nitrogens with two attached hydrogens (primary N) is 1. The molecule has 2 aliphatic carbocycles. The van der Waals surface area contributed by atoms with Gasteiger partial charge in [-0.1, -0.05) is 18.2 Å². The van der Waals surface area contributed by atoms with E-state index >= 15 is 0 Å². The molecule has 4 atom stereocenters. The second kappa shape index (κ2) is 10.0. The van der Waals surface area contributed by atoms with E-state index in [1.165, 1.54) is 23.5 Å². The van der Waals surface area contributed by atoms with Crippen molar-refractivity contribution in [2.75, 3.05) is 23.5 Å². The minimum Gasteiger partial charge on any atom is -0.466 e. The first-order valence-electron chi connectivity index (χ1n) is 12.6. The highest BCUT2D eigenvalue weighted by molar-refractivity contribution is 7.90. The highest BCUT2D eigenvalue weighted by Gasteiger charge is 2.42. The Morgan fingerprint density at radius 3 is 2.51 bits per heavy atom. The fourth-order valence-corrected chi connectivity index (χ4v) is 7.72. The molecule has 0 bridgehead atoms. The maximum absolute atomic E-state index is 13.2. The zero-order valence-electron chi connectivity index (χ0n) is 21.1. The van der Waals surface area contributed by atoms with E-state index in [0.29, 0.717) is 39.4 Å². The lowest BCUT2D eigenvalue weighted by atomic mass is 10.0. The van der Waals surface area contributed by atoms with Gasteiger partial charge in [0, 0.05) is 35.2 Å². The van der Waals surface area contributed by atoms with E-state index in [2.05, 4.69) is 30.3 Å². The van der Waals surface area contributed by atoms with Gasteiger partial charge in [0.1, 0.15) is 0 Å². The number of anilines is 3. The molecule has 14 heteroatoms. The Bertz CT molecular complexity index is 1610. The Morgan fingerprint density at radius 2 is 1.82 bits per heavy atom. The van der Waals surface area contributed by atoms with Crippen LogP contribution in [0.2, 0.25) is 0 Å². The fourth-order valence-electron chi connectivity index (χ4n) is 5.86. The molecule has 3 heterocycles. The molecule has 0 unspecified atom stereocenters. The van der Waals surface area contributed by atoms with Crippen LogP contribution in [0.3, 0.4) is 0 Å². The van der Waals surface area contributed by atoms with Gasteiger partial charge in [0.2, 0.25) is 5.13 Å². The maximum Gasteiger partial charge on any atom is 0.329 e. The van der Waals surface area contributed by atoms with Gasteiger partial charge in [-0.25, -0.2) is 22.2 Å². The van der Waals surface area contributed by atoms with Gasteiger partial charge in [-0.15, -0.1) is 4.37 Å². The third-order valence-electron chi connectivity index (χ3n) is 7.52. The summed E-state index contributed by atoms with van der Waals surface area (Å²) in [7, 11) is -2.32. The van der Waals surface area contributed by atoms with Crippen molar-refractivity contribution in [3.05, 3.63) is 48.8 Å². The summed E-state index contributed by atoms with van der Waals surface area (Å²) in [6.07, 6.45) is 6.68. The summed E-state index contributed by atoms with van der Waals surface area (Å²) < 4.78 is 36.6. The van der Waals surface area contributed by atoms with Gasteiger partial charge in [0.15, 0.2) is 5.65 Å². The lowest BCUT2D eigenvalue weighted by Gasteiger charge is -2.20. The topological polar surface area (TPSA) is 166 Å². The number of nitrogen functional groups attached to an aromatic ring is 1. The monoisotopic (exact) mass is 568 g/mol. The van der Waals surface area contributed by atoms with Gasteiger partial charge in [-0.2, -0.15) is 4.98 Å². The van der Waals surface area contributed by atoms with Crippen molar-refractivity contribution in [1.82, 2.24) is 23.6 Å².